The van der Waals surface area contributed by atoms with E-state index in [1.54, 1.807) is 12.1 Å². The zero-order valence-corrected chi connectivity index (χ0v) is 15.3. The van der Waals surface area contributed by atoms with Gasteiger partial charge in [0.15, 0.2) is 0 Å². The Morgan fingerprint density at radius 1 is 1.25 bits per heavy atom. The van der Waals surface area contributed by atoms with Crippen LogP contribution in [0.5, 0.6) is 0 Å². The Bertz CT molecular complexity index is 828. The molecule has 0 saturated carbocycles. The topological polar surface area (TPSA) is 69.5 Å². The van der Waals surface area contributed by atoms with Crippen LogP contribution < -0.4 is 10.6 Å². The molecule has 0 aliphatic carbocycles. The highest BCUT2D eigenvalue weighted by atomic mass is 32.1. The quantitative estimate of drug-likeness (QED) is 0.882. The SMILES string of the molecule is CC1(C)Cc2c(sc(NC(=O)c3ccccc3)c2C#N)C(C)(C)[NH2+]1. The summed E-state index contributed by atoms with van der Waals surface area (Å²) < 4.78 is 0. The highest BCUT2D eigenvalue weighted by molar-refractivity contribution is 7.16. The van der Waals surface area contributed by atoms with Gasteiger partial charge in [0, 0.05) is 12.0 Å². The predicted octanol–water partition coefficient (Wildman–Crippen LogP) is 3.01. The molecule has 0 saturated heterocycles. The molecule has 2 heterocycles. The van der Waals surface area contributed by atoms with Crippen LogP contribution in [0.25, 0.3) is 0 Å². The van der Waals surface area contributed by atoms with Gasteiger partial charge in [-0.15, -0.1) is 11.3 Å². The van der Waals surface area contributed by atoms with E-state index < -0.39 is 0 Å². The summed E-state index contributed by atoms with van der Waals surface area (Å²) in [4.78, 5) is 13.6. The van der Waals surface area contributed by atoms with E-state index in [1.165, 1.54) is 16.2 Å². The number of nitrogens with two attached hydrogens (primary N) is 1. The molecule has 0 atom stereocenters. The number of hydrogen-bond donors (Lipinski definition) is 2. The van der Waals surface area contributed by atoms with Crippen LogP contribution in [0.4, 0.5) is 5.00 Å². The Balaban J connectivity index is 2.01. The summed E-state index contributed by atoms with van der Waals surface area (Å²) in [6.07, 6.45) is 0.826. The largest absolute Gasteiger partial charge is 0.333 e. The lowest BCUT2D eigenvalue weighted by atomic mass is 9.81. The number of benzene rings is 1. The molecule has 0 radical (unpaired) electrons. The molecular formula is C19H22N3OS+. The fourth-order valence-electron chi connectivity index (χ4n) is 3.67. The van der Waals surface area contributed by atoms with E-state index in [2.05, 4.69) is 44.4 Å². The number of nitrogens with zero attached hydrogens (tertiary/aromatic N) is 1. The number of quaternary nitrogens is 1. The first-order valence-electron chi connectivity index (χ1n) is 8.03. The van der Waals surface area contributed by atoms with Crippen LogP contribution in [-0.2, 0) is 12.0 Å². The van der Waals surface area contributed by atoms with Gasteiger partial charge in [-0.05, 0) is 45.4 Å². The summed E-state index contributed by atoms with van der Waals surface area (Å²) in [6, 6.07) is 11.4. The molecular weight excluding hydrogens is 318 g/mol. The van der Waals surface area contributed by atoms with Crippen LogP contribution in [0, 0.1) is 11.3 Å². The Morgan fingerprint density at radius 2 is 1.92 bits per heavy atom. The van der Waals surface area contributed by atoms with E-state index in [4.69, 9.17) is 0 Å². The third-order valence-electron chi connectivity index (χ3n) is 4.35. The smallest absolute Gasteiger partial charge is 0.256 e. The van der Waals surface area contributed by atoms with E-state index in [-0.39, 0.29) is 17.0 Å². The predicted molar refractivity (Wildman–Crippen MR) is 96.2 cm³/mol. The van der Waals surface area contributed by atoms with Crippen LogP contribution in [0.1, 0.15) is 54.1 Å². The first-order valence-corrected chi connectivity index (χ1v) is 8.85. The van der Waals surface area contributed by atoms with Crippen molar-refractivity contribution in [1.82, 2.24) is 0 Å². The maximum absolute atomic E-state index is 12.5. The van der Waals surface area contributed by atoms with Crippen molar-refractivity contribution in [2.75, 3.05) is 5.32 Å². The summed E-state index contributed by atoms with van der Waals surface area (Å²) >= 11 is 1.53. The number of hydrogen-bond acceptors (Lipinski definition) is 3. The van der Waals surface area contributed by atoms with Crippen molar-refractivity contribution < 1.29 is 10.1 Å². The molecule has 0 bridgehead atoms. The van der Waals surface area contributed by atoms with E-state index in [0.717, 1.165) is 12.0 Å². The second kappa shape index (κ2) is 5.73. The number of thiophene rings is 1. The average Bonchev–Trinajstić information content (AvgIpc) is 2.84. The highest BCUT2D eigenvalue weighted by Gasteiger charge is 2.44. The maximum atomic E-state index is 12.5. The minimum Gasteiger partial charge on any atom is -0.333 e. The summed E-state index contributed by atoms with van der Waals surface area (Å²) in [6.45, 7) is 8.73. The molecule has 3 rings (SSSR count). The Kier molecular flexibility index (Phi) is 3.98. The highest BCUT2D eigenvalue weighted by Crippen LogP contribution is 2.41. The molecule has 5 heteroatoms. The maximum Gasteiger partial charge on any atom is 0.256 e. The van der Waals surface area contributed by atoms with Gasteiger partial charge in [0.1, 0.15) is 16.6 Å². The van der Waals surface area contributed by atoms with E-state index in [1.807, 2.05) is 18.2 Å². The van der Waals surface area contributed by atoms with Gasteiger partial charge in [0.05, 0.1) is 16.0 Å². The summed E-state index contributed by atoms with van der Waals surface area (Å²) in [5, 5.41) is 15.6. The van der Waals surface area contributed by atoms with Crippen LogP contribution in [0.15, 0.2) is 30.3 Å². The van der Waals surface area contributed by atoms with Crippen molar-refractivity contribution in [2.24, 2.45) is 0 Å². The van der Waals surface area contributed by atoms with Gasteiger partial charge in [-0.1, -0.05) is 18.2 Å². The third kappa shape index (κ3) is 2.95. The van der Waals surface area contributed by atoms with Gasteiger partial charge in [-0.25, -0.2) is 0 Å². The lowest BCUT2D eigenvalue weighted by Crippen LogP contribution is -3.03. The first kappa shape index (κ1) is 16.7. The number of amides is 1. The summed E-state index contributed by atoms with van der Waals surface area (Å²) in [7, 11) is 0. The van der Waals surface area contributed by atoms with Crippen molar-refractivity contribution in [2.45, 2.75) is 45.2 Å². The molecule has 3 N–H and O–H groups in total. The summed E-state index contributed by atoms with van der Waals surface area (Å²) in [5.74, 6) is -0.174. The van der Waals surface area contributed by atoms with Crippen LogP contribution in [-0.4, -0.2) is 11.4 Å². The molecule has 24 heavy (non-hydrogen) atoms. The monoisotopic (exact) mass is 340 g/mol. The van der Waals surface area contributed by atoms with Gasteiger partial charge in [0.2, 0.25) is 0 Å². The number of nitrogens with one attached hydrogen (secondary N) is 1. The van der Waals surface area contributed by atoms with Crippen molar-refractivity contribution >= 4 is 22.2 Å². The average molecular weight is 340 g/mol. The summed E-state index contributed by atoms with van der Waals surface area (Å²) in [5.41, 5.74) is 2.23. The van der Waals surface area contributed by atoms with Crippen LogP contribution in [0.3, 0.4) is 0 Å². The van der Waals surface area contributed by atoms with Gasteiger partial charge in [0.25, 0.3) is 5.91 Å². The van der Waals surface area contributed by atoms with Gasteiger partial charge in [-0.2, -0.15) is 5.26 Å². The number of anilines is 1. The number of carbonyl (C=O) groups is 1. The van der Waals surface area contributed by atoms with Crippen LogP contribution in [0.2, 0.25) is 0 Å². The number of fused-ring (bicyclic) bond motifs is 1. The molecule has 124 valence electrons. The zero-order valence-electron chi connectivity index (χ0n) is 14.4. The lowest BCUT2D eigenvalue weighted by Gasteiger charge is -2.38. The minimum absolute atomic E-state index is 0.0316. The van der Waals surface area contributed by atoms with Gasteiger partial charge in [-0.3, -0.25) is 4.79 Å². The second-order valence-corrected chi connectivity index (χ2v) is 8.60. The second-order valence-electron chi connectivity index (χ2n) is 7.58. The van der Waals surface area contributed by atoms with Gasteiger partial charge >= 0.3 is 0 Å². The van der Waals surface area contributed by atoms with E-state index >= 15 is 0 Å². The van der Waals surface area contributed by atoms with Crippen molar-refractivity contribution in [3.8, 4) is 6.07 Å². The molecule has 0 unspecified atom stereocenters. The van der Waals surface area contributed by atoms with Crippen molar-refractivity contribution in [3.63, 3.8) is 0 Å². The first-order chi connectivity index (χ1) is 11.2. The fraction of sp³-hybridized carbons (Fsp3) is 0.368. The number of rotatable bonds is 2. The zero-order chi connectivity index (χ0) is 17.5. The lowest BCUT2D eigenvalue weighted by molar-refractivity contribution is -0.789. The molecule has 2 aromatic rings. The molecule has 1 aromatic carbocycles. The van der Waals surface area contributed by atoms with Crippen molar-refractivity contribution in [3.05, 3.63) is 51.9 Å². The Morgan fingerprint density at radius 3 is 2.54 bits per heavy atom. The van der Waals surface area contributed by atoms with Crippen molar-refractivity contribution in [1.29, 1.82) is 5.26 Å². The molecule has 0 fully saturated rings. The molecule has 1 aliphatic heterocycles. The Hall–Kier alpha value is -2.16. The Labute approximate surface area is 146 Å². The molecule has 4 nitrogen and oxygen atoms in total. The standard InChI is InChI=1S/C19H21N3OS/c1-18(2)10-13-14(11-20)17(24-15(13)19(3,4)22-18)21-16(23)12-8-6-5-7-9-12/h5-9,22H,10H2,1-4H3,(H,21,23)/p+1. The molecule has 0 spiro atoms. The normalized spacial score (nSPS) is 17.6. The molecule has 1 aromatic heterocycles. The fourth-order valence-corrected chi connectivity index (χ4v) is 4.91. The molecule has 1 amide bonds. The van der Waals surface area contributed by atoms with E-state index in [0.29, 0.717) is 16.1 Å². The van der Waals surface area contributed by atoms with E-state index in [9.17, 15) is 10.1 Å². The third-order valence-corrected chi connectivity index (χ3v) is 5.84. The molecule has 1 aliphatic rings. The number of carbonyl (C=O) groups excluding carboxylic acids is 1. The van der Waals surface area contributed by atoms with Crippen LogP contribution >= 0.6 is 11.3 Å². The van der Waals surface area contributed by atoms with Gasteiger partial charge < -0.3 is 10.6 Å². The minimum atomic E-state index is -0.174. The number of nitriles is 1.